The molecule has 1 aromatic rings. The first kappa shape index (κ1) is 17.9. The Labute approximate surface area is 130 Å². The Kier molecular flexibility index (Phi) is 6.78. The van der Waals surface area contributed by atoms with Gasteiger partial charge >= 0.3 is 0 Å². The molecule has 0 aliphatic rings. The van der Waals surface area contributed by atoms with E-state index in [1.807, 2.05) is 0 Å². The summed E-state index contributed by atoms with van der Waals surface area (Å²) in [6.07, 6.45) is 0. The lowest BCUT2D eigenvalue weighted by Crippen LogP contribution is -2.35. The largest absolute Gasteiger partial charge is 0.496 e. The molecule has 0 spiro atoms. The first-order valence-electron chi connectivity index (χ1n) is 7.28. The van der Waals surface area contributed by atoms with Crippen LogP contribution in [0, 0.1) is 17.0 Å². The third-order valence-electron chi connectivity index (χ3n) is 3.53. The second-order valence-electron chi connectivity index (χ2n) is 4.88. The molecule has 0 saturated carbocycles. The number of benzene rings is 1. The highest BCUT2D eigenvalue weighted by Crippen LogP contribution is 2.28. The molecule has 22 heavy (non-hydrogen) atoms. The molecule has 0 saturated heterocycles. The van der Waals surface area contributed by atoms with E-state index in [-0.39, 0.29) is 17.2 Å². The number of amides is 1. The molecule has 0 aliphatic heterocycles. The number of nitrogens with one attached hydrogen (secondary N) is 1. The summed E-state index contributed by atoms with van der Waals surface area (Å²) in [5.41, 5.74) is 0.631. The molecule has 1 amide bonds. The van der Waals surface area contributed by atoms with Crippen LogP contribution in [-0.4, -0.2) is 49.0 Å². The fourth-order valence-corrected chi connectivity index (χ4v) is 2.26. The van der Waals surface area contributed by atoms with Crippen LogP contribution >= 0.6 is 0 Å². The summed E-state index contributed by atoms with van der Waals surface area (Å²) in [5, 5.41) is 13.7. The van der Waals surface area contributed by atoms with Crippen molar-refractivity contribution in [2.75, 3.05) is 33.3 Å². The highest BCUT2D eigenvalue weighted by atomic mass is 16.6. The minimum atomic E-state index is -0.515. The van der Waals surface area contributed by atoms with Crippen molar-refractivity contribution < 1.29 is 14.5 Å². The molecular weight excluding hydrogens is 286 g/mol. The molecule has 0 aliphatic carbocycles. The molecule has 0 atom stereocenters. The fourth-order valence-electron chi connectivity index (χ4n) is 2.26. The van der Waals surface area contributed by atoms with Crippen molar-refractivity contribution in [3.63, 3.8) is 0 Å². The van der Waals surface area contributed by atoms with Crippen LogP contribution in [0.1, 0.15) is 29.8 Å². The topological polar surface area (TPSA) is 84.7 Å². The number of methoxy groups -OCH3 is 1. The maximum atomic E-state index is 12.3. The lowest BCUT2D eigenvalue weighted by Gasteiger charge is -2.18. The molecule has 122 valence electrons. The van der Waals surface area contributed by atoms with Crippen molar-refractivity contribution in [2.45, 2.75) is 20.8 Å². The van der Waals surface area contributed by atoms with Crippen molar-refractivity contribution in [1.82, 2.24) is 10.2 Å². The number of non-ortho nitro benzene ring substituents is 1. The van der Waals surface area contributed by atoms with Gasteiger partial charge < -0.3 is 15.0 Å². The second-order valence-corrected chi connectivity index (χ2v) is 4.88. The van der Waals surface area contributed by atoms with Gasteiger partial charge in [-0.3, -0.25) is 14.9 Å². The molecule has 0 heterocycles. The Morgan fingerprint density at radius 3 is 2.50 bits per heavy atom. The SMILES string of the molecule is CCN(CC)CCNC(=O)c1cc([N+](=O)[O-])cc(C)c1OC. The molecule has 0 fully saturated rings. The van der Waals surface area contributed by atoms with Gasteiger partial charge in [-0.25, -0.2) is 0 Å². The van der Waals surface area contributed by atoms with Crippen molar-refractivity contribution in [3.05, 3.63) is 33.4 Å². The normalized spacial score (nSPS) is 10.6. The molecule has 1 N–H and O–H groups in total. The Morgan fingerprint density at radius 2 is 2.00 bits per heavy atom. The molecule has 0 unspecified atom stereocenters. The number of rotatable bonds is 8. The van der Waals surface area contributed by atoms with Gasteiger partial charge in [0.05, 0.1) is 17.6 Å². The third kappa shape index (κ3) is 4.42. The van der Waals surface area contributed by atoms with Crippen molar-refractivity contribution >= 4 is 11.6 Å². The van der Waals surface area contributed by atoms with Gasteiger partial charge in [0.25, 0.3) is 11.6 Å². The molecule has 7 heteroatoms. The predicted molar refractivity (Wildman–Crippen MR) is 84.5 cm³/mol. The lowest BCUT2D eigenvalue weighted by atomic mass is 10.1. The lowest BCUT2D eigenvalue weighted by molar-refractivity contribution is -0.384. The van der Waals surface area contributed by atoms with E-state index in [0.717, 1.165) is 19.6 Å². The minimum Gasteiger partial charge on any atom is -0.496 e. The maximum Gasteiger partial charge on any atom is 0.270 e. The molecule has 1 rings (SSSR count). The first-order valence-corrected chi connectivity index (χ1v) is 7.28. The minimum absolute atomic E-state index is 0.118. The summed E-state index contributed by atoms with van der Waals surface area (Å²) in [6, 6.07) is 2.64. The van der Waals surface area contributed by atoms with Crippen LogP contribution in [-0.2, 0) is 0 Å². The summed E-state index contributed by atoms with van der Waals surface area (Å²) in [4.78, 5) is 24.9. The van der Waals surface area contributed by atoms with Crippen molar-refractivity contribution in [3.8, 4) is 5.75 Å². The number of nitro groups is 1. The van der Waals surface area contributed by atoms with Gasteiger partial charge in [0, 0.05) is 25.2 Å². The Hall–Kier alpha value is -2.15. The zero-order valence-electron chi connectivity index (χ0n) is 13.5. The van der Waals surface area contributed by atoms with Gasteiger partial charge in [-0.1, -0.05) is 13.8 Å². The monoisotopic (exact) mass is 309 g/mol. The smallest absolute Gasteiger partial charge is 0.270 e. The fraction of sp³-hybridized carbons (Fsp3) is 0.533. The number of carbonyl (C=O) groups is 1. The van der Waals surface area contributed by atoms with E-state index in [9.17, 15) is 14.9 Å². The van der Waals surface area contributed by atoms with Gasteiger partial charge in [0.2, 0.25) is 0 Å². The van der Waals surface area contributed by atoms with E-state index >= 15 is 0 Å². The zero-order chi connectivity index (χ0) is 16.7. The zero-order valence-corrected chi connectivity index (χ0v) is 13.5. The molecular formula is C15H23N3O4. The van der Waals surface area contributed by atoms with E-state index < -0.39 is 4.92 Å². The van der Waals surface area contributed by atoms with Crippen LogP contribution in [0.4, 0.5) is 5.69 Å². The van der Waals surface area contributed by atoms with Crippen LogP contribution in [0.15, 0.2) is 12.1 Å². The first-order chi connectivity index (χ1) is 10.4. The Balaban J connectivity index is 2.89. The van der Waals surface area contributed by atoms with E-state index in [1.165, 1.54) is 19.2 Å². The predicted octanol–water partition coefficient (Wildman–Crippen LogP) is 1.98. The van der Waals surface area contributed by atoms with Crippen LogP contribution in [0.5, 0.6) is 5.75 Å². The van der Waals surface area contributed by atoms with Crippen LogP contribution < -0.4 is 10.1 Å². The van der Waals surface area contributed by atoms with Gasteiger partial charge in [-0.2, -0.15) is 0 Å². The van der Waals surface area contributed by atoms with Gasteiger partial charge in [0.15, 0.2) is 0 Å². The molecule has 0 aromatic heterocycles. The quantitative estimate of drug-likeness (QED) is 0.586. The van der Waals surface area contributed by atoms with Gasteiger partial charge in [0.1, 0.15) is 5.75 Å². The maximum absolute atomic E-state index is 12.3. The number of hydrogen-bond donors (Lipinski definition) is 1. The van der Waals surface area contributed by atoms with Gasteiger partial charge in [-0.15, -0.1) is 0 Å². The van der Waals surface area contributed by atoms with Crippen LogP contribution in [0.2, 0.25) is 0 Å². The third-order valence-corrected chi connectivity index (χ3v) is 3.53. The van der Waals surface area contributed by atoms with E-state index in [4.69, 9.17) is 4.74 Å². The Bertz CT molecular complexity index is 542. The van der Waals surface area contributed by atoms with Crippen LogP contribution in [0.25, 0.3) is 0 Å². The molecule has 0 radical (unpaired) electrons. The molecule has 1 aromatic carbocycles. The van der Waals surface area contributed by atoms with E-state index in [1.54, 1.807) is 6.92 Å². The molecule has 7 nitrogen and oxygen atoms in total. The number of aryl methyl sites for hydroxylation is 1. The summed E-state index contributed by atoms with van der Waals surface area (Å²) in [6.45, 7) is 8.81. The number of likely N-dealkylation sites (N-methyl/N-ethyl adjacent to an activating group) is 1. The number of carbonyl (C=O) groups excluding carboxylic acids is 1. The summed E-state index contributed by atoms with van der Waals surface area (Å²) in [5.74, 6) is 0.00162. The highest BCUT2D eigenvalue weighted by Gasteiger charge is 2.20. The second kappa shape index (κ2) is 8.33. The number of hydrogen-bond acceptors (Lipinski definition) is 5. The molecule has 0 bridgehead atoms. The number of nitro benzene ring substituents is 1. The highest BCUT2D eigenvalue weighted by molar-refractivity contribution is 5.98. The number of ether oxygens (including phenoxy) is 1. The summed E-state index contributed by atoms with van der Waals surface area (Å²) in [7, 11) is 1.45. The standard InChI is InChI=1S/C15H23N3O4/c1-5-17(6-2)8-7-16-15(19)13-10-12(18(20)21)9-11(3)14(13)22-4/h9-10H,5-8H2,1-4H3,(H,16,19). The average Bonchev–Trinajstić information content (AvgIpc) is 2.50. The average molecular weight is 309 g/mol. The van der Waals surface area contributed by atoms with Crippen LogP contribution in [0.3, 0.4) is 0 Å². The summed E-state index contributed by atoms with van der Waals surface area (Å²) >= 11 is 0. The van der Waals surface area contributed by atoms with Crippen molar-refractivity contribution in [1.29, 1.82) is 0 Å². The number of nitrogens with zero attached hydrogens (tertiary/aromatic N) is 2. The van der Waals surface area contributed by atoms with E-state index in [0.29, 0.717) is 17.9 Å². The summed E-state index contributed by atoms with van der Waals surface area (Å²) < 4.78 is 5.21. The Morgan fingerprint density at radius 1 is 1.36 bits per heavy atom. The van der Waals surface area contributed by atoms with E-state index in [2.05, 4.69) is 24.1 Å². The van der Waals surface area contributed by atoms with Crippen molar-refractivity contribution in [2.24, 2.45) is 0 Å². The van der Waals surface area contributed by atoms with Gasteiger partial charge in [-0.05, 0) is 25.6 Å².